The second kappa shape index (κ2) is 9.60. The first-order chi connectivity index (χ1) is 16.4. The molecule has 4 rings (SSSR count). The summed E-state index contributed by atoms with van der Waals surface area (Å²) >= 11 is 0. The van der Waals surface area contributed by atoms with Gasteiger partial charge < -0.3 is 15.0 Å². The molecule has 0 aliphatic carbocycles. The van der Waals surface area contributed by atoms with Gasteiger partial charge in [0.15, 0.2) is 0 Å². The van der Waals surface area contributed by atoms with Gasteiger partial charge in [0.1, 0.15) is 5.75 Å². The van der Waals surface area contributed by atoms with Crippen molar-refractivity contribution in [1.82, 2.24) is 14.9 Å². The average Bonchev–Trinajstić information content (AvgIpc) is 2.85. The summed E-state index contributed by atoms with van der Waals surface area (Å²) in [4.78, 5) is 23.5. The molecule has 0 fully saturated rings. The van der Waals surface area contributed by atoms with Crippen molar-refractivity contribution in [2.75, 3.05) is 11.9 Å². The number of aryl methyl sites for hydroxylation is 2. The van der Waals surface area contributed by atoms with E-state index in [0.29, 0.717) is 54.6 Å². The van der Waals surface area contributed by atoms with Crippen LogP contribution in [0.3, 0.4) is 0 Å². The molecule has 8 nitrogen and oxygen atoms in total. The van der Waals surface area contributed by atoms with Gasteiger partial charge in [0.05, 0.1) is 41.1 Å². The molecule has 0 radical (unpaired) electrons. The molecule has 1 aliphatic heterocycles. The smallest absolute Gasteiger partial charge is 0.230 e. The third kappa shape index (κ3) is 4.67. The molecule has 1 aliphatic rings. The number of ether oxygens (including phenoxy) is 1. The summed E-state index contributed by atoms with van der Waals surface area (Å²) in [6, 6.07) is 14.8. The standard InChI is InChI=1S/C26H24N6O2/c1-4-23(33)32-10-9-22-21(15-32)25(34-24-16(2)11-19(14-28)12-17(24)3)31-26(30-22)29-20-7-5-18(13-27)6-8-20/h5-8,11-12H,4,9-10,15H2,1-3H3,(H,29,30,31). The fraction of sp³-hybridized carbons (Fsp3) is 0.269. The number of nitrogens with zero attached hydrogens (tertiary/aromatic N) is 5. The van der Waals surface area contributed by atoms with Crippen LogP contribution in [-0.2, 0) is 17.8 Å². The third-order valence-electron chi connectivity index (χ3n) is 5.74. The van der Waals surface area contributed by atoms with E-state index >= 15 is 0 Å². The molecule has 170 valence electrons. The molecule has 0 saturated carbocycles. The zero-order valence-corrected chi connectivity index (χ0v) is 19.3. The number of rotatable bonds is 5. The minimum absolute atomic E-state index is 0.0714. The number of amides is 1. The van der Waals surface area contributed by atoms with Crippen LogP contribution < -0.4 is 10.1 Å². The van der Waals surface area contributed by atoms with Gasteiger partial charge in [-0.15, -0.1) is 0 Å². The zero-order valence-electron chi connectivity index (χ0n) is 19.3. The minimum Gasteiger partial charge on any atom is -0.438 e. The van der Waals surface area contributed by atoms with E-state index in [0.717, 1.165) is 28.1 Å². The predicted octanol–water partition coefficient (Wildman–Crippen LogP) is 4.67. The first-order valence-corrected chi connectivity index (χ1v) is 11.1. The number of aromatic nitrogens is 2. The number of benzene rings is 2. The summed E-state index contributed by atoms with van der Waals surface area (Å²) in [5.74, 6) is 1.45. The molecule has 0 spiro atoms. The van der Waals surface area contributed by atoms with Crippen molar-refractivity contribution in [3.63, 3.8) is 0 Å². The Morgan fingerprint density at radius 3 is 2.38 bits per heavy atom. The molecule has 34 heavy (non-hydrogen) atoms. The highest BCUT2D eigenvalue weighted by Gasteiger charge is 2.26. The van der Waals surface area contributed by atoms with Crippen molar-refractivity contribution in [3.05, 3.63) is 69.9 Å². The van der Waals surface area contributed by atoms with Gasteiger partial charge in [0.25, 0.3) is 0 Å². The lowest BCUT2D eigenvalue weighted by Crippen LogP contribution is -2.36. The van der Waals surface area contributed by atoms with Gasteiger partial charge in [-0.25, -0.2) is 4.98 Å². The molecule has 0 unspecified atom stereocenters. The lowest BCUT2D eigenvalue weighted by molar-refractivity contribution is -0.131. The monoisotopic (exact) mass is 452 g/mol. The summed E-state index contributed by atoms with van der Waals surface area (Å²) in [6.45, 7) is 6.59. The van der Waals surface area contributed by atoms with Gasteiger partial charge in [-0.05, 0) is 61.4 Å². The number of carbonyl (C=O) groups excluding carboxylic acids is 1. The van der Waals surface area contributed by atoms with Crippen LogP contribution in [0.4, 0.5) is 11.6 Å². The quantitative estimate of drug-likeness (QED) is 0.598. The maximum atomic E-state index is 12.4. The maximum Gasteiger partial charge on any atom is 0.230 e. The Morgan fingerprint density at radius 2 is 1.76 bits per heavy atom. The van der Waals surface area contributed by atoms with E-state index in [-0.39, 0.29) is 5.91 Å². The number of anilines is 2. The average molecular weight is 453 g/mol. The molecular weight excluding hydrogens is 428 g/mol. The highest BCUT2D eigenvalue weighted by Crippen LogP contribution is 2.35. The topological polar surface area (TPSA) is 115 Å². The SMILES string of the molecule is CCC(=O)N1CCc2nc(Nc3ccc(C#N)cc3)nc(Oc3c(C)cc(C#N)cc3C)c2C1. The second-order valence-corrected chi connectivity index (χ2v) is 8.16. The third-order valence-corrected chi connectivity index (χ3v) is 5.74. The number of nitrogens with one attached hydrogen (secondary N) is 1. The Labute approximate surface area is 198 Å². The number of hydrogen-bond donors (Lipinski definition) is 1. The summed E-state index contributed by atoms with van der Waals surface area (Å²) in [5, 5.41) is 21.5. The fourth-order valence-electron chi connectivity index (χ4n) is 3.99. The predicted molar refractivity (Wildman–Crippen MR) is 127 cm³/mol. The van der Waals surface area contributed by atoms with Crippen molar-refractivity contribution >= 4 is 17.5 Å². The van der Waals surface area contributed by atoms with Crippen LogP contribution in [0.15, 0.2) is 36.4 Å². The Kier molecular flexibility index (Phi) is 6.42. The van der Waals surface area contributed by atoms with Crippen molar-refractivity contribution in [2.24, 2.45) is 0 Å². The number of nitriles is 2. The second-order valence-electron chi connectivity index (χ2n) is 8.16. The summed E-state index contributed by atoms with van der Waals surface area (Å²) in [5.41, 5.74) is 5.12. The summed E-state index contributed by atoms with van der Waals surface area (Å²) < 4.78 is 6.33. The fourth-order valence-corrected chi connectivity index (χ4v) is 3.99. The molecule has 0 bridgehead atoms. The summed E-state index contributed by atoms with van der Waals surface area (Å²) in [7, 11) is 0. The Bertz CT molecular complexity index is 1310. The van der Waals surface area contributed by atoms with Gasteiger partial charge in [0, 0.05) is 25.1 Å². The largest absolute Gasteiger partial charge is 0.438 e. The van der Waals surface area contributed by atoms with Gasteiger partial charge >= 0.3 is 0 Å². The van der Waals surface area contributed by atoms with E-state index in [1.54, 1.807) is 41.3 Å². The number of fused-ring (bicyclic) bond motifs is 1. The van der Waals surface area contributed by atoms with E-state index in [4.69, 9.17) is 15.0 Å². The van der Waals surface area contributed by atoms with Crippen LogP contribution in [0.25, 0.3) is 0 Å². The Morgan fingerprint density at radius 1 is 1.09 bits per heavy atom. The maximum absolute atomic E-state index is 12.4. The normalized spacial score (nSPS) is 12.3. The van der Waals surface area contributed by atoms with Crippen LogP contribution >= 0.6 is 0 Å². The van der Waals surface area contributed by atoms with Crippen LogP contribution in [0.1, 0.15) is 46.9 Å². The van der Waals surface area contributed by atoms with Gasteiger partial charge in [0.2, 0.25) is 17.7 Å². The molecular formula is C26H24N6O2. The molecule has 8 heteroatoms. The highest BCUT2D eigenvalue weighted by atomic mass is 16.5. The van der Waals surface area contributed by atoms with Crippen molar-refractivity contribution in [3.8, 4) is 23.8 Å². The zero-order chi connectivity index (χ0) is 24.2. The molecule has 1 N–H and O–H groups in total. The van der Waals surface area contributed by atoms with Crippen LogP contribution in [0, 0.1) is 36.5 Å². The lowest BCUT2D eigenvalue weighted by atomic mass is 10.1. The number of carbonyl (C=O) groups is 1. The molecule has 1 aromatic heterocycles. The van der Waals surface area contributed by atoms with E-state index in [9.17, 15) is 10.1 Å². The van der Waals surface area contributed by atoms with E-state index in [1.807, 2.05) is 20.8 Å². The molecule has 2 aromatic carbocycles. The molecule has 1 amide bonds. The van der Waals surface area contributed by atoms with Crippen LogP contribution in [0.2, 0.25) is 0 Å². The van der Waals surface area contributed by atoms with Gasteiger partial charge in [-0.3, -0.25) is 4.79 Å². The lowest BCUT2D eigenvalue weighted by Gasteiger charge is -2.29. The highest BCUT2D eigenvalue weighted by molar-refractivity contribution is 5.76. The first-order valence-electron chi connectivity index (χ1n) is 11.1. The minimum atomic E-state index is 0.0714. The van der Waals surface area contributed by atoms with E-state index in [1.165, 1.54) is 0 Å². The first kappa shape index (κ1) is 22.8. The van der Waals surface area contributed by atoms with Crippen molar-refractivity contribution in [1.29, 1.82) is 10.5 Å². The Balaban J connectivity index is 1.74. The molecule has 2 heterocycles. The van der Waals surface area contributed by atoms with Crippen molar-refractivity contribution < 1.29 is 9.53 Å². The molecule has 0 saturated heterocycles. The molecule has 3 aromatic rings. The van der Waals surface area contributed by atoms with Crippen LogP contribution in [-0.4, -0.2) is 27.3 Å². The number of hydrogen-bond acceptors (Lipinski definition) is 7. The van der Waals surface area contributed by atoms with Gasteiger partial charge in [-0.2, -0.15) is 15.5 Å². The van der Waals surface area contributed by atoms with Crippen LogP contribution in [0.5, 0.6) is 11.6 Å². The van der Waals surface area contributed by atoms with Gasteiger partial charge in [-0.1, -0.05) is 6.92 Å². The Hall–Kier alpha value is -4.43. The molecule has 0 atom stereocenters. The van der Waals surface area contributed by atoms with E-state index < -0.39 is 0 Å². The van der Waals surface area contributed by atoms with E-state index in [2.05, 4.69) is 22.4 Å². The summed E-state index contributed by atoms with van der Waals surface area (Å²) in [6.07, 6.45) is 1.02. The van der Waals surface area contributed by atoms with Crippen molar-refractivity contribution in [2.45, 2.75) is 40.2 Å².